The molecule has 1 aliphatic rings. The van der Waals surface area contributed by atoms with Crippen molar-refractivity contribution in [1.29, 1.82) is 0 Å². The quantitative estimate of drug-likeness (QED) is 0.655. The van der Waals surface area contributed by atoms with Crippen molar-refractivity contribution in [2.45, 2.75) is 30.7 Å². The third kappa shape index (κ3) is 4.58. The molecule has 8 nitrogen and oxygen atoms in total. The molecule has 1 fully saturated rings. The molecule has 9 heteroatoms. The van der Waals surface area contributed by atoms with Crippen LogP contribution in [0.4, 0.5) is 5.69 Å². The Kier molecular flexibility index (Phi) is 5.91. The van der Waals surface area contributed by atoms with E-state index in [-0.39, 0.29) is 10.8 Å². The zero-order valence-electron chi connectivity index (χ0n) is 16.4. The molecule has 3 aromatic rings. The lowest BCUT2D eigenvalue weighted by atomic mass is 10.1. The summed E-state index contributed by atoms with van der Waals surface area (Å²) in [6, 6.07) is 13.5. The maximum absolute atomic E-state index is 12.7. The fraction of sp³-hybridized carbons (Fsp3) is 0.286. The van der Waals surface area contributed by atoms with Gasteiger partial charge in [-0.15, -0.1) is 0 Å². The molecule has 1 aliphatic heterocycles. The summed E-state index contributed by atoms with van der Waals surface area (Å²) in [5.74, 6) is -0.256. The van der Waals surface area contributed by atoms with Gasteiger partial charge in [0.2, 0.25) is 10.0 Å². The molecule has 0 atom stereocenters. The van der Waals surface area contributed by atoms with Crippen molar-refractivity contribution in [3.63, 3.8) is 0 Å². The van der Waals surface area contributed by atoms with Gasteiger partial charge in [0, 0.05) is 24.3 Å². The summed E-state index contributed by atoms with van der Waals surface area (Å²) in [6.45, 7) is 1.70. The second-order valence-corrected chi connectivity index (χ2v) is 9.17. The number of piperidine rings is 1. The van der Waals surface area contributed by atoms with Crippen molar-refractivity contribution in [3.8, 4) is 0 Å². The largest absolute Gasteiger partial charge is 0.322 e. The van der Waals surface area contributed by atoms with Crippen LogP contribution in [-0.4, -0.2) is 46.5 Å². The van der Waals surface area contributed by atoms with Crippen LogP contribution in [0, 0.1) is 0 Å². The molecule has 4 rings (SSSR count). The lowest BCUT2D eigenvalue weighted by Gasteiger charge is -2.25. The Morgan fingerprint density at radius 3 is 2.30 bits per heavy atom. The van der Waals surface area contributed by atoms with Gasteiger partial charge in [-0.25, -0.2) is 18.1 Å². The zero-order valence-corrected chi connectivity index (χ0v) is 17.3. The number of nitrogens with one attached hydrogen (secondary N) is 1. The molecule has 30 heavy (non-hydrogen) atoms. The molecule has 2 heterocycles. The molecule has 2 aromatic carbocycles. The van der Waals surface area contributed by atoms with Crippen LogP contribution >= 0.6 is 0 Å². The van der Waals surface area contributed by atoms with Crippen molar-refractivity contribution < 1.29 is 13.2 Å². The predicted octanol–water partition coefficient (Wildman–Crippen LogP) is 2.75. The Morgan fingerprint density at radius 2 is 1.67 bits per heavy atom. The second-order valence-electron chi connectivity index (χ2n) is 7.23. The minimum Gasteiger partial charge on any atom is -0.322 e. The van der Waals surface area contributed by atoms with Crippen molar-refractivity contribution in [3.05, 3.63) is 72.3 Å². The summed E-state index contributed by atoms with van der Waals surface area (Å²) in [6.07, 6.45) is 5.97. The van der Waals surface area contributed by atoms with Gasteiger partial charge in [0.1, 0.15) is 12.7 Å². The number of hydrogen-bond donors (Lipinski definition) is 1. The minimum absolute atomic E-state index is 0.250. The Labute approximate surface area is 175 Å². The highest BCUT2D eigenvalue weighted by Crippen LogP contribution is 2.22. The highest BCUT2D eigenvalue weighted by Gasteiger charge is 2.25. The average Bonchev–Trinajstić information content (AvgIpc) is 3.28. The van der Waals surface area contributed by atoms with E-state index in [4.69, 9.17) is 0 Å². The molecule has 0 unspecified atom stereocenters. The number of aromatic nitrogens is 3. The lowest BCUT2D eigenvalue weighted by molar-refractivity contribution is 0.102. The van der Waals surface area contributed by atoms with Crippen molar-refractivity contribution in [2.75, 3.05) is 18.4 Å². The van der Waals surface area contributed by atoms with Gasteiger partial charge in [0.25, 0.3) is 5.91 Å². The normalized spacial score (nSPS) is 15.1. The van der Waals surface area contributed by atoms with E-state index in [1.165, 1.54) is 10.6 Å². The van der Waals surface area contributed by atoms with E-state index in [0.29, 0.717) is 30.9 Å². The summed E-state index contributed by atoms with van der Waals surface area (Å²) in [7, 11) is -3.48. The van der Waals surface area contributed by atoms with Crippen LogP contribution in [-0.2, 0) is 16.6 Å². The number of anilines is 1. The molecule has 0 saturated carbocycles. The van der Waals surface area contributed by atoms with Gasteiger partial charge in [-0.05, 0) is 54.8 Å². The molecule has 0 aliphatic carbocycles. The van der Waals surface area contributed by atoms with Gasteiger partial charge in [-0.2, -0.15) is 9.40 Å². The SMILES string of the molecule is O=C(Nc1ccc(S(=O)(=O)N2CCCCC2)cc1)c1ccc(Cn2cncn2)cc1. The molecule has 1 aromatic heterocycles. The Hall–Kier alpha value is -3.04. The number of rotatable bonds is 6. The standard InChI is InChI=1S/C21H23N5O3S/c27-21(18-6-4-17(5-7-18)14-25-16-22-15-23-25)24-19-8-10-20(11-9-19)30(28,29)26-12-2-1-3-13-26/h4-11,15-16H,1-3,12-14H2,(H,24,27). The van der Waals surface area contributed by atoms with Gasteiger partial charge in [-0.3, -0.25) is 4.79 Å². The van der Waals surface area contributed by atoms with E-state index >= 15 is 0 Å². The smallest absolute Gasteiger partial charge is 0.255 e. The third-order valence-corrected chi connectivity index (χ3v) is 7.01. The number of carbonyl (C=O) groups is 1. The predicted molar refractivity (Wildman–Crippen MR) is 113 cm³/mol. The summed E-state index contributed by atoms with van der Waals surface area (Å²) in [5, 5.41) is 6.87. The molecular weight excluding hydrogens is 402 g/mol. The average molecular weight is 426 g/mol. The van der Waals surface area contributed by atoms with Crippen molar-refractivity contribution >= 4 is 21.6 Å². The van der Waals surface area contributed by atoms with E-state index in [1.54, 1.807) is 47.4 Å². The van der Waals surface area contributed by atoms with Crippen LogP contribution in [0.1, 0.15) is 35.2 Å². The Morgan fingerprint density at radius 1 is 0.967 bits per heavy atom. The second kappa shape index (κ2) is 8.76. The van der Waals surface area contributed by atoms with Gasteiger partial charge in [0.15, 0.2) is 0 Å². The molecule has 1 saturated heterocycles. The van der Waals surface area contributed by atoms with Gasteiger partial charge in [0.05, 0.1) is 11.4 Å². The van der Waals surface area contributed by atoms with Gasteiger partial charge >= 0.3 is 0 Å². The van der Waals surface area contributed by atoms with Crippen LogP contribution in [0.2, 0.25) is 0 Å². The number of hydrogen-bond acceptors (Lipinski definition) is 5. The molecular formula is C21H23N5O3S. The zero-order chi connectivity index (χ0) is 21.0. The highest BCUT2D eigenvalue weighted by atomic mass is 32.2. The monoisotopic (exact) mass is 425 g/mol. The summed E-state index contributed by atoms with van der Waals surface area (Å²) >= 11 is 0. The van der Waals surface area contributed by atoms with E-state index in [2.05, 4.69) is 15.4 Å². The topological polar surface area (TPSA) is 97.2 Å². The van der Waals surface area contributed by atoms with Crippen LogP contribution in [0.3, 0.4) is 0 Å². The summed E-state index contributed by atoms with van der Waals surface area (Å²) in [4.78, 5) is 16.7. The first-order chi connectivity index (χ1) is 14.5. The number of benzene rings is 2. The number of nitrogens with zero attached hydrogens (tertiary/aromatic N) is 4. The van der Waals surface area contributed by atoms with Crippen LogP contribution in [0.15, 0.2) is 66.1 Å². The van der Waals surface area contributed by atoms with Crippen LogP contribution in [0.5, 0.6) is 0 Å². The first-order valence-electron chi connectivity index (χ1n) is 9.85. The Bertz CT molecular complexity index is 1090. The first-order valence-corrected chi connectivity index (χ1v) is 11.3. The van der Waals surface area contributed by atoms with E-state index in [0.717, 1.165) is 24.8 Å². The fourth-order valence-corrected chi connectivity index (χ4v) is 4.95. The third-order valence-electron chi connectivity index (χ3n) is 5.09. The Balaban J connectivity index is 1.39. The fourth-order valence-electron chi connectivity index (χ4n) is 3.43. The molecule has 1 N–H and O–H groups in total. The highest BCUT2D eigenvalue weighted by molar-refractivity contribution is 7.89. The van der Waals surface area contributed by atoms with Crippen molar-refractivity contribution in [2.24, 2.45) is 0 Å². The minimum atomic E-state index is -3.48. The van der Waals surface area contributed by atoms with Crippen LogP contribution < -0.4 is 5.32 Å². The van der Waals surface area contributed by atoms with E-state index < -0.39 is 10.0 Å². The maximum Gasteiger partial charge on any atom is 0.255 e. The van der Waals surface area contributed by atoms with Gasteiger partial charge in [-0.1, -0.05) is 18.6 Å². The van der Waals surface area contributed by atoms with E-state index in [9.17, 15) is 13.2 Å². The van der Waals surface area contributed by atoms with Crippen molar-refractivity contribution in [1.82, 2.24) is 19.1 Å². The van der Waals surface area contributed by atoms with Gasteiger partial charge < -0.3 is 5.32 Å². The molecule has 1 amide bonds. The number of amides is 1. The first kappa shape index (κ1) is 20.2. The van der Waals surface area contributed by atoms with Crippen LogP contribution in [0.25, 0.3) is 0 Å². The number of carbonyl (C=O) groups excluding carboxylic acids is 1. The maximum atomic E-state index is 12.7. The molecule has 156 valence electrons. The summed E-state index contributed by atoms with van der Waals surface area (Å²) < 4.78 is 28.7. The lowest BCUT2D eigenvalue weighted by Crippen LogP contribution is -2.35. The molecule has 0 radical (unpaired) electrons. The molecule has 0 bridgehead atoms. The summed E-state index contributed by atoms with van der Waals surface area (Å²) in [5.41, 5.74) is 2.07. The number of sulfonamides is 1. The van der Waals surface area contributed by atoms with E-state index in [1.807, 2.05) is 12.1 Å². The molecule has 0 spiro atoms.